The number of carbonyl (C=O) groups excluding carboxylic acids is 1. The van der Waals surface area contributed by atoms with Crippen LogP contribution in [0.2, 0.25) is 10.0 Å². The molecule has 0 N–H and O–H groups in total. The third kappa shape index (κ3) is 3.12. The summed E-state index contributed by atoms with van der Waals surface area (Å²) >= 11 is 14.7. The lowest BCUT2D eigenvalue weighted by atomic mass is 10.2. The van der Waals surface area contributed by atoms with Crippen LogP contribution in [0.1, 0.15) is 12.5 Å². The van der Waals surface area contributed by atoms with E-state index in [9.17, 15) is 4.79 Å². The summed E-state index contributed by atoms with van der Waals surface area (Å²) in [6.45, 7) is 2.02. The number of hydrogen-bond donors (Lipinski definition) is 0. The fourth-order valence-electron chi connectivity index (χ4n) is 1.35. The number of rotatable bonds is 2. The van der Waals surface area contributed by atoms with Crippen LogP contribution in [0.25, 0.3) is 6.08 Å². The molecular formula is C12H9Cl2NOS2. The maximum atomic E-state index is 11.8. The minimum absolute atomic E-state index is 0.0537. The first-order chi connectivity index (χ1) is 8.61. The molecule has 0 atom stereocenters. The molecule has 2 nitrogen and oxygen atoms in total. The van der Waals surface area contributed by atoms with E-state index in [1.165, 1.54) is 0 Å². The summed E-state index contributed by atoms with van der Waals surface area (Å²) in [4.78, 5) is 16.0. The van der Waals surface area contributed by atoms with Gasteiger partial charge in [-0.05, 0) is 35.2 Å². The van der Waals surface area contributed by atoms with E-state index in [1.807, 2.05) is 6.92 Å². The summed E-state index contributed by atoms with van der Waals surface area (Å²) < 4.78 is 0.784. The number of aliphatic imine (C=N–C) groups is 1. The van der Waals surface area contributed by atoms with E-state index in [4.69, 9.17) is 23.2 Å². The molecule has 18 heavy (non-hydrogen) atoms. The fraction of sp³-hybridized carbons (Fsp3) is 0.167. The fourth-order valence-corrected chi connectivity index (χ4v) is 3.45. The van der Waals surface area contributed by atoms with Crippen molar-refractivity contribution in [3.8, 4) is 0 Å². The summed E-state index contributed by atoms with van der Waals surface area (Å²) in [7, 11) is 0. The maximum absolute atomic E-state index is 11.8. The summed E-state index contributed by atoms with van der Waals surface area (Å²) in [6.07, 6.45) is 1.67. The predicted octanol–water partition coefficient (Wildman–Crippen LogP) is 4.72. The van der Waals surface area contributed by atoms with Crippen molar-refractivity contribution in [2.24, 2.45) is 4.99 Å². The number of carbonyl (C=O) groups is 1. The molecule has 0 fully saturated rings. The minimum Gasteiger partial charge on any atom is -0.279 e. The average Bonchev–Trinajstić information content (AvgIpc) is 2.66. The first-order valence-corrected chi connectivity index (χ1v) is 7.77. The zero-order chi connectivity index (χ0) is 13.1. The second-order valence-electron chi connectivity index (χ2n) is 3.37. The number of benzene rings is 1. The van der Waals surface area contributed by atoms with Crippen molar-refractivity contribution in [1.29, 1.82) is 0 Å². The van der Waals surface area contributed by atoms with Gasteiger partial charge in [0.1, 0.15) is 10.1 Å². The van der Waals surface area contributed by atoms with Gasteiger partial charge in [-0.15, -0.1) is 0 Å². The number of halogens is 2. The highest BCUT2D eigenvalue weighted by molar-refractivity contribution is 8.45. The van der Waals surface area contributed by atoms with Gasteiger partial charge in [0.05, 0.1) is 10.0 Å². The average molecular weight is 318 g/mol. The SMILES string of the molecule is CCSC1=N/C(=C\c2cccc(Cl)c2Cl)C(=O)S1. The normalized spacial score (nSPS) is 17.4. The van der Waals surface area contributed by atoms with Gasteiger partial charge in [0.25, 0.3) is 0 Å². The summed E-state index contributed by atoms with van der Waals surface area (Å²) in [5, 5.41) is 0.856. The molecule has 0 spiro atoms. The van der Waals surface area contributed by atoms with Gasteiger partial charge in [0.15, 0.2) is 0 Å². The van der Waals surface area contributed by atoms with E-state index in [-0.39, 0.29) is 5.12 Å². The Balaban J connectivity index is 2.33. The summed E-state index contributed by atoms with van der Waals surface area (Å²) in [5.74, 6) is 0.893. The highest BCUT2D eigenvalue weighted by atomic mass is 35.5. The van der Waals surface area contributed by atoms with Crippen molar-refractivity contribution in [3.05, 3.63) is 39.5 Å². The van der Waals surface area contributed by atoms with Crippen LogP contribution in [0.3, 0.4) is 0 Å². The van der Waals surface area contributed by atoms with Crippen LogP contribution < -0.4 is 0 Å². The molecule has 0 unspecified atom stereocenters. The topological polar surface area (TPSA) is 29.4 Å². The van der Waals surface area contributed by atoms with Crippen LogP contribution in [-0.4, -0.2) is 15.2 Å². The zero-order valence-electron chi connectivity index (χ0n) is 9.44. The highest BCUT2D eigenvalue weighted by Crippen LogP contribution is 2.33. The Hall–Kier alpha value is -0.420. The molecule has 0 saturated heterocycles. The first kappa shape index (κ1) is 14.0. The van der Waals surface area contributed by atoms with Crippen LogP contribution in [0.4, 0.5) is 0 Å². The number of nitrogens with zero attached hydrogens (tertiary/aromatic N) is 1. The van der Waals surface area contributed by atoms with Gasteiger partial charge in [-0.2, -0.15) is 0 Å². The van der Waals surface area contributed by atoms with Crippen molar-refractivity contribution < 1.29 is 4.79 Å². The molecule has 0 amide bonds. The Labute approximate surface area is 124 Å². The standard InChI is InChI=1S/C12H9Cl2NOS2/c1-2-17-12-15-9(11(16)18-12)6-7-4-3-5-8(13)10(7)14/h3-6H,2H2,1H3/b9-6-. The van der Waals surface area contributed by atoms with Gasteiger partial charge in [-0.1, -0.05) is 54.0 Å². The third-order valence-electron chi connectivity index (χ3n) is 2.14. The Bertz CT molecular complexity index is 555. The van der Waals surface area contributed by atoms with Gasteiger partial charge >= 0.3 is 0 Å². The van der Waals surface area contributed by atoms with E-state index in [2.05, 4.69) is 4.99 Å². The van der Waals surface area contributed by atoms with Crippen molar-refractivity contribution in [1.82, 2.24) is 0 Å². The molecule has 2 rings (SSSR count). The third-order valence-corrected chi connectivity index (χ3v) is 4.87. The molecule has 94 valence electrons. The van der Waals surface area contributed by atoms with Crippen LogP contribution in [-0.2, 0) is 4.79 Å². The molecule has 0 aromatic heterocycles. The van der Waals surface area contributed by atoms with E-state index in [0.29, 0.717) is 21.3 Å². The molecule has 0 bridgehead atoms. The molecule has 0 aliphatic carbocycles. The number of hydrogen-bond acceptors (Lipinski definition) is 4. The quantitative estimate of drug-likeness (QED) is 0.739. The van der Waals surface area contributed by atoms with Gasteiger partial charge in [-0.3, -0.25) is 4.79 Å². The highest BCUT2D eigenvalue weighted by Gasteiger charge is 2.22. The Morgan fingerprint density at radius 2 is 2.22 bits per heavy atom. The molecule has 1 aliphatic heterocycles. The van der Waals surface area contributed by atoms with E-state index < -0.39 is 0 Å². The molecule has 1 aliphatic rings. The largest absolute Gasteiger partial charge is 0.279 e. The second-order valence-corrected chi connectivity index (χ2v) is 6.63. The van der Waals surface area contributed by atoms with Gasteiger partial charge in [0.2, 0.25) is 5.12 Å². The van der Waals surface area contributed by atoms with Crippen molar-refractivity contribution in [2.45, 2.75) is 6.92 Å². The molecule has 1 aromatic carbocycles. The smallest absolute Gasteiger partial charge is 0.244 e. The number of thioether (sulfide) groups is 2. The Morgan fingerprint density at radius 3 is 2.94 bits per heavy atom. The minimum atomic E-state index is -0.0537. The van der Waals surface area contributed by atoms with E-state index in [1.54, 1.807) is 36.0 Å². The molecule has 6 heteroatoms. The summed E-state index contributed by atoms with van der Waals surface area (Å²) in [6, 6.07) is 5.30. The first-order valence-electron chi connectivity index (χ1n) is 5.21. The Kier molecular flexibility index (Phi) is 4.78. The van der Waals surface area contributed by atoms with Gasteiger partial charge in [0, 0.05) is 0 Å². The molecule has 0 radical (unpaired) electrons. The monoisotopic (exact) mass is 317 g/mol. The molecule has 0 saturated carbocycles. The van der Waals surface area contributed by atoms with Crippen LogP contribution in [0, 0.1) is 0 Å². The lowest BCUT2D eigenvalue weighted by molar-refractivity contribution is -0.107. The van der Waals surface area contributed by atoms with Crippen LogP contribution in [0.5, 0.6) is 0 Å². The van der Waals surface area contributed by atoms with Gasteiger partial charge in [-0.25, -0.2) is 4.99 Å². The zero-order valence-corrected chi connectivity index (χ0v) is 12.6. The van der Waals surface area contributed by atoms with E-state index >= 15 is 0 Å². The second kappa shape index (κ2) is 6.15. The summed E-state index contributed by atoms with van der Waals surface area (Å²) in [5.41, 5.74) is 1.12. The van der Waals surface area contributed by atoms with Gasteiger partial charge < -0.3 is 0 Å². The Morgan fingerprint density at radius 1 is 1.44 bits per heavy atom. The van der Waals surface area contributed by atoms with E-state index in [0.717, 1.165) is 21.9 Å². The van der Waals surface area contributed by atoms with Crippen LogP contribution in [0.15, 0.2) is 28.9 Å². The molecule has 1 heterocycles. The van der Waals surface area contributed by atoms with Crippen molar-refractivity contribution in [2.75, 3.05) is 5.75 Å². The van der Waals surface area contributed by atoms with Crippen molar-refractivity contribution in [3.63, 3.8) is 0 Å². The maximum Gasteiger partial charge on any atom is 0.244 e. The lowest BCUT2D eigenvalue weighted by Crippen LogP contribution is -1.88. The molecular weight excluding hydrogens is 309 g/mol. The predicted molar refractivity (Wildman–Crippen MR) is 82.6 cm³/mol. The van der Waals surface area contributed by atoms with Crippen molar-refractivity contribution >= 4 is 62.3 Å². The van der Waals surface area contributed by atoms with Crippen LogP contribution >= 0.6 is 46.7 Å². The lowest BCUT2D eigenvalue weighted by Gasteiger charge is -2.00. The molecule has 1 aromatic rings.